The number of pyridine rings is 1. The van der Waals surface area contributed by atoms with Crippen LogP contribution in [0.15, 0.2) is 88.9 Å². The smallest absolute Gasteiger partial charge is 0.272 e. The summed E-state index contributed by atoms with van der Waals surface area (Å²) < 4.78 is 0. The molecule has 4 aromatic rings. The van der Waals surface area contributed by atoms with E-state index in [9.17, 15) is 14.4 Å². The zero-order valence-corrected chi connectivity index (χ0v) is 16.7. The number of aromatic amines is 1. The normalized spacial score (nSPS) is 11.9. The van der Waals surface area contributed by atoms with Crippen molar-refractivity contribution in [1.82, 2.24) is 25.9 Å². The van der Waals surface area contributed by atoms with Crippen LogP contribution in [0.4, 0.5) is 0 Å². The molecule has 2 heterocycles. The van der Waals surface area contributed by atoms with Crippen molar-refractivity contribution in [3.05, 3.63) is 106 Å². The number of benzene rings is 2. The summed E-state index contributed by atoms with van der Waals surface area (Å²) in [6, 6.07) is 19.2. The molecule has 0 fully saturated rings. The molecular weight excluding hydrogens is 408 g/mol. The molecule has 0 saturated heterocycles. The molecule has 0 unspecified atom stereocenters. The molecule has 158 valence electrons. The molecule has 9 nitrogen and oxygen atoms in total. The van der Waals surface area contributed by atoms with Crippen LogP contribution < -0.4 is 16.3 Å². The molecule has 2 aromatic carbocycles. The molecular formula is C23H18N6O3. The maximum Gasteiger partial charge on any atom is 0.272 e. The quantitative estimate of drug-likeness (QED) is 0.321. The van der Waals surface area contributed by atoms with E-state index in [4.69, 9.17) is 0 Å². The molecule has 1 atom stereocenters. The molecule has 0 aliphatic heterocycles. The molecule has 0 saturated carbocycles. The summed E-state index contributed by atoms with van der Waals surface area (Å²) in [6.45, 7) is 0. The Bertz CT molecular complexity index is 1340. The standard InChI is InChI=1S/C23H18N6O3/c30-21(15-8-2-1-3-9-15)26-20(23(32)28-25-14-16-10-6-7-13-24-16)19-17-11-4-5-12-18(17)22(31)29-27-19/h1-14,20H,(H,26,30)(H,28,32)(H,29,31)/b25-14+/t20-/m1/s1. The number of carbonyl (C=O) groups excluding carboxylic acids is 2. The average Bonchev–Trinajstić information content (AvgIpc) is 2.84. The summed E-state index contributed by atoms with van der Waals surface area (Å²) in [7, 11) is 0. The third-order valence-electron chi connectivity index (χ3n) is 4.63. The number of nitrogens with one attached hydrogen (secondary N) is 3. The number of hydrogen-bond donors (Lipinski definition) is 3. The minimum Gasteiger partial charge on any atom is -0.335 e. The Morgan fingerprint density at radius 2 is 1.66 bits per heavy atom. The van der Waals surface area contributed by atoms with E-state index in [1.54, 1.807) is 79.0 Å². The topological polar surface area (TPSA) is 129 Å². The van der Waals surface area contributed by atoms with Gasteiger partial charge in [0.05, 0.1) is 17.3 Å². The lowest BCUT2D eigenvalue weighted by Crippen LogP contribution is -2.40. The van der Waals surface area contributed by atoms with Gasteiger partial charge in [-0.3, -0.25) is 19.4 Å². The van der Waals surface area contributed by atoms with Gasteiger partial charge in [0.15, 0.2) is 6.04 Å². The van der Waals surface area contributed by atoms with Crippen LogP contribution in [-0.2, 0) is 4.79 Å². The van der Waals surface area contributed by atoms with Crippen LogP contribution in [0.5, 0.6) is 0 Å². The first-order chi connectivity index (χ1) is 15.6. The summed E-state index contributed by atoms with van der Waals surface area (Å²) in [4.78, 5) is 42.1. The molecule has 2 aromatic heterocycles. The van der Waals surface area contributed by atoms with Crippen LogP contribution in [0.25, 0.3) is 10.8 Å². The summed E-state index contributed by atoms with van der Waals surface area (Å²) in [5.41, 5.74) is 3.12. The summed E-state index contributed by atoms with van der Waals surface area (Å²) >= 11 is 0. The van der Waals surface area contributed by atoms with Crippen molar-refractivity contribution in [2.75, 3.05) is 0 Å². The molecule has 9 heteroatoms. The Labute approximate surface area is 182 Å². The van der Waals surface area contributed by atoms with Crippen molar-refractivity contribution in [1.29, 1.82) is 0 Å². The number of fused-ring (bicyclic) bond motifs is 1. The fourth-order valence-corrected chi connectivity index (χ4v) is 3.10. The monoisotopic (exact) mass is 426 g/mol. The third-order valence-corrected chi connectivity index (χ3v) is 4.63. The van der Waals surface area contributed by atoms with Gasteiger partial charge >= 0.3 is 0 Å². The molecule has 0 aliphatic rings. The Kier molecular flexibility index (Phi) is 6.08. The van der Waals surface area contributed by atoms with Crippen LogP contribution in [0.2, 0.25) is 0 Å². The second-order valence-electron chi connectivity index (χ2n) is 6.74. The van der Waals surface area contributed by atoms with E-state index >= 15 is 0 Å². The summed E-state index contributed by atoms with van der Waals surface area (Å²) in [5, 5.41) is 13.9. The van der Waals surface area contributed by atoms with Gasteiger partial charge in [0.1, 0.15) is 5.69 Å². The first kappa shape index (κ1) is 20.6. The second-order valence-corrected chi connectivity index (χ2v) is 6.74. The number of hydrogen-bond acceptors (Lipinski definition) is 6. The van der Waals surface area contributed by atoms with Gasteiger partial charge in [-0.1, -0.05) is 42.5 Å². The van der Waals surface area contributed by atoms with E-state index in [2.05, 4.69) is 31.0 Å². The van der Waals surface area contributed by atoms with E-state index < -0.39 is 23.4 Å². The van der Waals surface area contributed by atoms with Gasteiger partial charge in [0.25, 0.3) is 17.4 Å². The Morgan fingerprint density at radius 3 is 2.41 bits per heavy atom. The van der Waals surface area contributed by atoms with E-state index in [0.717, 1.165) is 0 Å². The number of amides is 2. The van der Waals surface area contributed by atoms with Gasteiger partial charge in [-0.15, -0.1) is 0 Å². The summed E-state index contributed by atoms with van der Waals surface area (Å²) in [6.07, 6.45) is 2.98. The molecule has 0 spiro atoms. The van der Waals surface area contributed by atoms with E-state index in [0.29, 0.717) is 22.0 Å². The SMILES string of the molecule is O=C(N[C@@H](C(=O)N/N=C/c1ccccn1)c1n[nH]c(=O)c2ccccc12)c1ccccc1. The number of nitrogens with zero attached hydrogens (tertiary/aromatic N) is 3. The van der Waals surface area contributed by atoms with Gasteiger partial charge < -0.3 is 5.32 Å². The molecule has 4 rings (SSSR count). The molecule has 2 amide bonds. The van der Waals surface area contributed by atoms with Crippen molar-refractivity contribution in [2.45, 2.75) is 6.04 Å². The van der Waals surface area contributed by atoms with Gasteiger partial charge in [-0.2, -0.15) is 10.2 Å². The largest absolute Gasteiger partial charge is 0.335 e. The molecule has 0 radical (unpaired) electrons. The van der Waals surface area contributed by atoms with E-state index in [-0.39, 0.29) is 5.69 Å². The fraction of sp³-hybridized carbons (Fsp3) is 0.0435. The number of aromatic nitrogens is 3. The Hall–Kier alpha value is -4.66. The Balaban J connectivity index is 1.68. The number of hydrazone groups is 1. The highest BCUT2D eigenvalue weighted by Gasteiger charge is 2.27. The van der Waals surface area contributed by atoms with E-state index in [1.807, 2.05) is 0 Å². The molecule has 3 N–H and O–H groups in total. The maximum atomic E-state index is 13.0. The molecule has 0 bridgehead atoms. The highest BCUT2D eigenvalue weighted by Crippen LogP contribution is 2.20. The Morgan fingerprint density at radius 1 is 0.938 bits per heavy atom. The number of carbonyl (C=O) groups is 2. The predicted molar refractivity (Wildman–Crippen MR) is 119 cm³/mol. The van der Waals surface area contributed by atoms with Gasteiger partial charge in [-0.05, 0) is 30.3 Å². The van der Waals surface area contributed by atoms with Crippen molar-refractivity contribution < 1.29 is 9.59 Å². The predicted octanol–water partition coefficient (Wildman–Crippen LogP) is 1.94. The second kappa shape index (κ2) is 9.43. The maximum absolute atomic E-state index is 13.0. The average molecular weight is 426 g/mol. The lowest BCUT2D eigenvalue weighted by atomic mass is 10.0. The number of H-pyrrole nitrogens is 1. The highest BCUT2D eigenvalue weighted by molar-refractivity contribution is 5.99. The van der Waals surface area contributed by atoms with Crippen molar-refractivity contribution in [2.24, 2.45) is 5.10 Å². The first-order valence-corrected chi connectivity index (χ1v) is 9.70. The van der Waals surface area contributed by atoms with Crippen LogP contribution in [-0.4, -0.2) is 33.2 Å². The fourth-order valence-electron chi connectivity index (χ4n) is 3.10. The minimum atomic E-state index is -1.22. The lowest BCUT2D eigenvalue weighted by molar-refractivity contribution is -0.123. The van der Waals surface area contributed by atoms with Crippen LogP contribution >= 0.6 is 0 Å². The van der Waals surface area contributed by atoms with Gasteiger partial charge in [0.2, 0.25) is 0 Å². The van der Waals surface area contributed by atoms with Crippen LogP contribution in [0.1, 0.15) is 27.8 Å². The number of rotatable bonds is 6. The lowest BCUT2D eigenvalue weighted by Gasteiger charge is -2.18. The third kappa shape index (κ3) is 4.57. The van der Waals surface area contributed by atoms with Gasteiger partial charge in [-0.25, -0.2) is 10.5 Å². The van der Waals surface area contributed by atoms with Gasteiger partial charge in [0, 0.05) is 17.1 Å². The molecule has 32 heavy (non-hydrogen) atoms. The van der Waals surface area contributed by atoms with Crippen molar-refractivity contribution >= 4 is 28.8 Å². The van der Waals surface area contributed by atoms with Crippen molar-refractivity contribution in [3.8, 4) is 0 Å². The zero-order chi connectivity index (χ0) is 22.3. The minimum absolute atomic E-state index is 0.190. The zero-order valence-electron chi connectivity index (χ0n) is 16.7. The van der Waals surface area contributed by atoms with Crippen molar-refractivity contribution in [3.63, 3.8) is 0 Å². The van der Waals surface area contributed by atoms with Crippen LogP contribution in [0, 0.1) is 0 Å². The summed E-state index contributed by atoms with van der Waals surface area (Å²) in [5.74, 6) is -1.11. The first-order valence-electron chi connectivity index (χ1n) is 9.70. The molecule has 0 aliphatic carbocycles. The van der Waals surface area contributed by atoms with Crippen LogP contribution in [0.3, 0.4) is 0 Å². The highest BCUT2D eigenvalue weighted by atomic mass is 16.2. The van der Waals surface area contributed by atoms with E-state index in [1.165, 1.54) is 6.21 Å².